The Morgan fingerprint density at radius 1 is 0.820 bits per heavy atom. The molecule has 1 fully saturated rings. The molecule has 0 spiro atoms. The van der Waals surface area contributed by atoms with Gasteiger partial charge in [-0.15, -0.1) is 0 Å². The van der Waals surface area contributed by atoms with Gasteiger partial charge < -0.3 is 18.9 Å². The summed E-state index contributed by atoms with van der Waals surface area (Å²) in [6.45, 7) is -3.21. The molecule has 5 aromatic rings. The van der Waals surface area contributed by atoms with Crippen LogP contribution >= 0.6 is 23.2 Å². The van der Waals surface area contributed by atoms with Gasteiger partial charge in [-0.25, -0.2) is 4.79 Å². The molecule has 0 bridgehead atoms. The second kappa shape index (κ2) is 15.9. The number of ether oxygens (including phenoxy) is 4. The maximum Gasteiger partial charge on any atom is 0.387 e. The largest absolute Gasteiger partial charge is 0.489 e. The van der Waals surface area contributed by atoms with Crippen molar-refractivity contribution in [1.82, 2.24) is 0 Å². The summed E-state index contributed by atoms with van der Waals surface area (Å²) in [5.41, 5.74) is 2.02. The number of benzene rings is 4. The van der Waals surface area contributed by atoms with E-state index in [1.165, 1.54) is 30.6 Å². The Morgan fingerprint density at radius 3 is 1.86 bits per heavy atom. The van der Waals surface area contributed by atoms with E-state index in [-0.39, 0.29) is 28.0 Å². The zero-order valence-corrected chi connectivity index (χ0v) is 28.3. The van der Waals surface area contributed by atoms with Crippen LogP contribution < -0.4 is 14.2 Å². The minimum Gasteiger partial charge on any atom is -0.489 e. The van der Waals surface area contributed by atoms with Crippen molar-refractivity contribution in [2.24, 2.45) is 5.92 Å². The van der Waals surface area contributed by atoms with E-state index in [2.05, 4.69) is 0 Å². The maximum absolute atomic E-state index is 13.9. The molecule has 0 unspecified atom stereocenters. The Morgan fingerprint density at radius 2 is 1.36 bits per heavy atom. The number of hydrogen-bond acceptors (Lipinski definition) is 6. The van der Waals surface area contributed by atoms with Crippen molar-refractivity contribution in [3.63, 3.8) is 0 Å². The quantitative estimate of drug-likeness (QED) is 0.0505. The normalized spacial score (nSPS) is 13.5. The van der Waals surface area contributed by atoms with Crippen molar-refractivity contribution in [2.45, 2.75) is 37.6 Å². The lowest BCUT2D eigenvalue weighted by atomic mass is 9.80. The number of alkyl halides is 2. The van der Waals surface area contributed by atoms with Crippen LogP contribution in [0.1, 0.15) is 46.8 Å². The third-order valence-electron chi connectivity index (χ3n) is 8.41. The standard InChI is InChI=1S/C39H34Cl2F2NO6/c40-32-22-44(46)23-33(41)31(32)21-35(27-18-19-34(50-38(42)43)36(20-27)47-24-26-16-17-26)49-37(45)25-48-39(28-10-4-1-5-11-28,29-12-6-2-7-13-29)30-14-8-3-9-15-30/h1-15,18-20,22-23,26,35,38,46H,16-17,21,24-25H2/q+1/t35-/m0/s1. The van der Waals surface area contributed by atoms with Gasteiger partial charge in [-0.2, -0.15) is 8.78 Å². The molecule has 0 amide bonds. The molecule has 11 heteroatoms. The predicted molar refractivity (Wildman–Crippen MR) is 183 cm³/mol. The zero-order valence-electron chi connectivity index (χ0n) is 26.8. The summed E-state index contributed by atoms with van der Waals surface area (Å²) in [5.74, 6) is -0.444. The van der Waals surface area contributed by atoms with Gasteiger partial charge in [0.05, 0.1) is 6.61 Å². The molecule has 0 saturated heterocycles. The van der Waals surface area contributed by atoms with Gasteiger partial charge in [0.1, 0.15) is 28.4 Å². The molecule has 1 aromatic heterocycles. The van der Waals surface area contributed by atoms with Crippen molar-refractivity contribution in [2.75, 3.05) is 13.2 Å². The number of carbonyl (C=O) groups is 1. The molecule has 0 aliphatic heterocycles. The smallest absolute Gasteiger partial charge is 0.387 e. The molecule has 1 N–H and O–H groups in total. The van der Waals surface area contributed by atoms with Crippen molar-refractivity contribution >= 4 is 29.2 Å². The number of aromatic nitrogens is 1. The first-order chi connectivity index (χ1) is 24.2. The van der Waals surface area contributed by atoms with E-state index >= 15 is 0 Å². The van der Waals surface area contributed by atoms with Crippen LogP contribution in [0.4, 0.5) is 8.78 Å². The van der Waals surface area contributed by atoms with Gasteiger partial charge in [-0.3, -0.25) is 5.21 Å². The number of carbonyl (C=O) groups excluding carboxylic acids is 1. The molecule has 1 heterocycles. The minimum atomic E-state index is -3.07. The van der Waals surface area contributed by atoms with Crippen LogP contribution in [0.25, 0.3) is 0 Å². The van der Waals surface area contributed by atoms with E-state index in [9.17, 15) is 18.8 Å². The third kappa shape index (κ3) is 8.35. The van der Waals surface area contributed by atoms with E-state index < -0.39 is 30.9 Å². The van der Waals surface area contributed by atoms with E-state index in [1.54, 1.807) is 0 Å². The van der Waals surface area contributed by atoms with Crippen LogP contribution in [0, 0.1) is 5.92 Å². The lowest BCUT2D eigenvalue weighted by Crippen LogP contribution is -2.35. The van der Waals surface area contributed by atoms with E-state index in [1.807, 2.05) is 91.0 Å². The Hall–Kier alpha value is -4.70. The fraction of sp³-hybridized carbons (Fsp3) is 0.231. The molecule has 6 rings (SSSR count). The summed E-state index contributed by atoms with van der Waals surface area (Å²) in [4.78, 5) is 13.9. The summed E-state index contributed by atoms with van der Waals surface area (Å²) in [6, 6.07) is 33.1. The van der Waals surface area contributed by atoms with Crippen LogP contribution in [0.5, 0.6) is 11.5 Å². The topological polar surface area (TPSA) is 78.1 Å². The highest BCUT2D eigenvalue weighted by Crippen LogP contribution is 2.41. The van der Waals surface area contributed by atoms with Gasteiger partial charge in [0.2, 0.25) is 12.4 Å². The first-order valence-electron chi connectivity index (χ1n) is 16.0. The van der Waals surface area contributed by atoms with Crippen LogP contribution in [-0.4, -0.2) is 31.0 Å². The number of pyridine rings is 1. The molecule has 50 heavy (non-hydrogen) atoms. The average Bonchev–Trinajstić information content (AvgIpc) is 3.95. The lowest BCUT2D eigenvalue weighted by molar-refractivity contribution is -0.904. The Labute approximate surface area is 298 Å². The zero-order chi connectivity index (χ0) is 35.1. The predicted octanol–water partition coefficient (Wildman–Crippen LogP) is 8.74. The SMILES string of the molecule is O=C(COC(c1ccccc1)(c1ccccc1)c1ccccc1)O[C@@H](Cc1c(Cl)c[n+](O)cc1Cl)c1ccc(OC(F)F)c(OCC2CC2)c1. The van der Waals surface area contributed by atoms with Gasteiger partial charge in [-0.05, 0) is 53.1 Å². The van der Waals surface area contributed by atoms with Gasteiger partial charge in [0, 0.05) is 16.7 Å². The van der Waals surface area contributed by atoms with E-state index in [0.717, 1.165) is 34.3 Å². The highest BCUT2D eigenvalue weighted by molar-refractivity contribution is 6.35. The summed E-state index contributed by atoms with van der Waals surface area (Å²) < 4.78 is 50.7. The summed E-state index contributed by atoms with van der Waals surface area (Å²) in [7, 11) is 0. The average molecular weight is 722 g/mol. The fourth-order valence-corrected chi connectivity index (χ4v) is 6.41. The molecule has 1 aliphatic carbocycles. The lowest BCUT2D eigenvalue weighted by Gasteiger charge is -2.35. The number of nitrogens with zero attached hydrogens (tertiary/aromatic N) is 1. The first-order valence-corrected chi connectivity index (χ1v) is 16.8. The van der Waals surface area contributed by atoms with E-state index in [4.69, 9.17) is 42.1 Å². The summed E-state index contributed by atoms with van der Waals surface area (Å²) >= 11 is 12.9. The van der Waals surface area contributed by atoms with Crippen molar-refractivity contribution in [1.29, 1.82) is 0 Å². The van der Waals surface area contributed by atoms with Crippen molar-refractivity contribution < 1.29 is 42.5 Å². The van der Waals surface area contributed by atoms with Gasteiger partial charge in [0.25, 0.3) is 0 Å². The maximum atomic E-state index is 13.9. The van der Waals surface area contributed by atoms with Crippen molar-refractivity contribution in [3.8, 4) is 11.5 Å². The van der Waals surface area contributed by atoms with Crippen LogP contribution in [0.2, 0.25) is 10.0 Å². The van der Waals surface area contributed by atoms with Crippen LogP contribution in [-0.2, 0) is 26.3 Å². The summed E-state index contributed by atoms with van der Waals surface area (Å²) in [6.07, 6.45) is 3.42. The van der Waals surface area contributed by atoms with Gasteiger partial charge in [0.15, 0.2) is 11.5 Å². The first kappa shape index (κ1) is 35.1. The Balaban J connectivity index is 1.35. The summed E-state index contributed by atoms with van der Waals surface area (Å²) in [5, 5.41) is 10.2. The second-order valence-corrected chi connectivity index (χ2v) is 12.7. The highest BCUT2D eigenvalue weighted by Gasteiger charge is 2.38. The molecule has 7 nitrogen and oxygen atoms in total. The molecule has 4 aromatic carbocycles. The molecule has 1 atom stereocenters. The molecule has 1 saturated carbocycles. The van der Waals surface area contributed by atoms with E-state index in [0.29, 0.717) is 23.7 Å². The van der Waals surface area contributed by atoms with Gasteiger partial charge >= 0.3 is 12.6 Å². The molecule has 0 radical (unpaired) electrons. The van der Waals surface area contributed by atoms with Gasteiger partial charge in [-0.1, -0.05) is 120 Å². The minimum absolute atomic E-state index is 0.0252. The third-order valence-corrected chi connectivity index (χ3v) is 9.06. The Kier molecular flexibility index (Phi) is 11.2. The number of rotatable bonds is 15. The Bertz CT molecular complexity index is 1780. The number of hydrogen-bond donors (Lipinski definition) is 1. The monoisotopic (exact) mass is 720 g/mol. The second-order valence-electron chi connectivity index (χ2n) is 11.9. The van der Waals surface area contributed by atoms with Crippen LogP contribution in [0.3, 0.4) is 0 Å². The number of esters is 1. The molecule has 258 valence electrons. The molecular formula is C39H34Cl2F2NO6+. The molecule has 1 aliphatic rings. The molecular weight excluding hydrogens is 687 g/mol. The number of halogens is 4. The highest BCUT2D eigenvalue weighted by atomic mass is 35.5. The van der Waals surface area contributed by atoms with Crippen LogP contribution in [0.15, 0.2) is 122 Å². The van der Waals surface area contributed by atoms with Crippen molar-refractivity contribution in [3.05, 3.63) is 159 Å². The fourth-order valence-electron chi connectivity index (χ4n) is 5.80.